The van der Waals surface area contributed by atoms with Gasteiger partial charge in [-0.05, 0) is 85.6 Å². The summed E-state index contributed by atoms with van der Waals surface area (Å²) in [6, 6.07) is 10.8. The molecular formula is C24H28N2O3S. The minimum atomic E-state index is -3.68. The Morgan fingerprint density at radius 1 is 1.00 bits per heavy atom. The third-order valence-corrected chi connectivity index (χ3v) is 9.91. The van der Waals surface area contributed by atoms with Crippen molar-refractivity contribution < 1.29 is 13.2 Å². The summed E-state index contributed by atoms with van der Waals surface area (Å²) in [5.41, 5.74) is 1.03. The van der Waals surface area contributed by atoms with Crippen LogP contribution in [0, 0.1) is 23.2 Å². The van der Waals surface area contributed by atoms with Crippen molar-refractivity contribution >= 4 is 32.4 Å². The Hall–Kier alpha value is -2.08. The molecule has 0 radical (unpaired) electrons. The van der Waals surface area contributed by atoms with Gasteiger partial charge in [-0.1, -0.05) is 24.3 Å². The zero-order valence-corrected chi connectivity index (χ0v) is 18.0. The normalized spacial score (nSPS) is 32.7. The Labute approximate surface area is 177 Å². The van der Waals surface area contributed by atoms with Crippen molar-refractivity contribution in [1.82, 2.24) is 5.32 Å². The fraction of sp³-hybridized carbons (Fsp3) is 0.542. The van der Waals surface area contributed by atoms with Gasteiger partial charge in [0.15, 0.2) is 0 Å². The zero-order chi connectivity index (χ0) is 20.5. The van der Waals surface area contributed by atoms with Crippen molar-refractivity contribution in [3.63, 3.8) is 0 Å². The molecule has 0 atom stereocenters. The van der Waals surface area contributed by atoms with E-state index in [1.165, 1.54) is 42.8 Å². The standard InChI is InChI=1S/C24H28N2O3S/c27-22(25-8-7-24-12-16-9-17(13-24)11-18(10-16)14-24)15-26-20-5-1-3-19-4-2-6-21(23(19)20)30(26,28)29/h1-6,16-18H,7-15H2,(H,25,27). The van der Waals surface area contributed by atoms with Crippen LogP contribution in [0.1, 0.15) is 44.9 Å². The maximum atomic E-state index is 13.0. The van der Waals surface area contributed by atoms with Crippen LogP contribution in [-0.2, 0) is 14.8 Å². The van der Waals surface area contributed by atoms with Crippen molar-refractivity contribution in [2.75, 3.05) is 17.4 Å². The van der Waals surface area contributed by atoms with Crippen LogP contribution in [0.3, 0.4) is 0 Å². The van der Waals surface area contributed by atoms with Crippen molar-refractivity contribution in [3.8, 4) is 0 Å². The number of amides is 1. The molecule has 0 aromatic heterocycles. The first-order valence-electron chi connectivity index (χ1n) is 11.2. The van der Waals surface area contributed by atoms with Crippen LogP contribution in [0.15, 0.2) is 41.3 Å². The Morgan fingerprint density at radius 2 is 1.63 bits per heavy atom. The predicted octanol–water partition coefficient (Wildman–Crippen LogP) is 4.07. The fourth-order valence-corrected chi connectivity index (χ4v) is 9.04. The highest BCUT2D eigenvalue weighted by Crippen LogP contribution is 2.61. The van der Waals surface area contributed by atoms with Crippen molar-refractivity contribution in [2.45, 2.75) is 49.8 Å². The first-order chi connectivity index (χ1) is 14.4. The molecular weight excluding hydrogens is 396 g/mol. The van der Waals surface area contributed by atoms with Gasteiger partial charge in [0.1, 0.15) is 6.54 Å². The maximum absolute atomic E-state index is 13.0. The Bertz CT molecular complexity index is 1100. The average Bonchev–Trinajstić information content (AvgIpc) is 2.90. The van der Waals surface area contributed by atoms with Crippen molar-refractivity contribution in [2.24, 2.45) is 23.2 Å². The van der Waals surface area contributed by atoms with E-state index in [0.717, 1.165) is 34.9 Å². The number of carbonyl (C=O) groups is 1. The van der Waals surface area contributed by atoms with Gasteiger partial charge in [0.25, 0.3) is 10.0 Å². The van der Waals surface area contributed by atoms with E-state index in [0.29, 0.717) is 22.5 Å². The molecule has 1 N–H and O–H groups in total. The minimum absolute atomic E-state index is 0.156. The van der Waals surface area contributed by atoms with Crippen LogP contribution >= 0.6 is 0 Å². The third-order valence-electron chi connectivity index (χ3n) is 8.11. The minimum Gasteiger partial charge on any atom is -0.355 e. The number of sulfonamides is 1. The van der Waals surface area contributed by atoms with Crippen molar-refractivity contribution in [1.29, 1.82) is 0 Å². The van der Waals surface area contributed by atoms with Gasteiger partial charge in [0.2, 0.25) is 5.91 Å². The first-order valence-corrected chi connectivity index (χ1v) is 12.7. The summed E-state index contributed by atoms with van der Waals surface area (Å²) < 4.78 is 27.4. The lowest BCUT2D eigenvalue weighted by molar-refractivity contribution is -0.120. The highest BCUT2D eigenvalue weighted by atomic mass is 32.2. The molecule has 158 valence electrons. The highest BCUT2D eigenvalue weighted by Gasteiger charge is 2.50. The Kier molecular flexibility index (Phi) is 4.02. The van der Waals surface area contributed by atoms with E-state index in [-0.39, 0.29) is 12.5 Å². The summed E-state index contributed by atoms with van der Waals surface area (Å²) in [7, 11) is -3.68. The number of anilines is 1. The molecule has 0 saturated heterocycles. The molecule has 2 aromatic rings. The summed E-state index contributed by atoms with van der Waals surface area (Å²) >= 11 is 0. The number of benzene rings is 2. The van der Waals surface area contributed by atoms with E-state index >= 15 is 0 Å². The molecule has 7 rings (SSSR count). The molecule has 1 amide bonds. The summed E-state index contributed by atoms with van der Waals surface area (Å²) in [5.74, 6) is 2.50. The van der Waals surface area contributed by atoms with Crippen LogP contribution in [0.4, 0.5) is 5.69 Å². The predicted molar refractivity (Wildman–Crippen MR) is 117 cm³/mol. The number of nitrogens with one attached hydrogen (secondary N) is 1. The van der Waals surface area contributed by atoms with Crippen LogP contribution in [0.25, 0.3) is 10.8 Å². The molecule has 6 heteroatoms. The molecule has 5 nitrogen and oxygen atoms in total. The monoisotopic (exact) mass is 424 g/mol. The van der Waals surface area contributed by atoms with Crippen molar-refractivity contribution in [3.05, 3.63) is 36.4 Å². The van der Waals surface area contributed by atoms with E-state index in [9.17, 15) is 13.2 Å². The number of hydrogen-bond donors (Lipinski definition) is 1. The number of carbonyl (C=O) groups excluding carboxylic acids is 1. The second-order valence-corrected chi connectivity index (χ2v) is 12.0. The molecule has 0 unspecified atom stereocenters. The van der Waals surface area contributed by atoms with Gasteiger partial charge in [-0.15, -0.1) is 0 Å². The molecule has 4 aliphatic carbocycles. The highest BCUT2D eigenvalue weighted by molar-refractivity contribution is 7.93. The second kappa shape index (κ2) is 6.46. The van der Waals surface area contributed by atoms with Crippen LogP contribution < -0.4 is 9.62 Å². The SMILES string of the molecule is O=C(CN1c2cccc3cccc(c23)S1(=O)=O)NCCC12CC3CC(CC(C3)C1)C2. The number of nitrogens with zero attached hydrogens (tertiary/aromatic N) is 1. The quantitative estimate of drug-likeness (QED) is 0.787. The van der Waals surface area contributed by atoms with Crippen LogP contribution in [-0.4, -0.2) is 27.4 Å². The lowest BCUT2D eigenvalue weighted by atomic mass is 9.49. The molecule has 4 fully saturated rings. The summed E-state index contributed by atoms with van der Waals surface area (Å²) in [6.45, 7) is 0.493. The van der Waals surface area contributed by atoms with E-state index in [2.05, 4.69) is 5.32 Å². The molecule has 30 heavy (non-hydrogen) atoms. The Balaban J connectivity index is 1.14. The van der Waals surface area contributed by atoms with Gasteiger partial charge in [-0.3, -0.25) is 9.10 Å². The fourth-order valence-electron chi connectivity index (χ4n) is 7.38. The summed E-state index contributed by atoms with van der Waals surface area (Å²) in [5, 5.41) is 4.65. The van der Waals surface area contributed by atoms with E-state index in [4.69, 9.17) is 0 Å². The molecule has 4 saturated carbocycles. The van der Waals surface area contributed by atoms with Gasteiger partial charge < -0.3 is 5.32 Å². The topological polar surface area (TPSA) is 66.5 Å². The largest absolute Gasteiger partial charge is 0.355 e. The molecule has 0 spiro atoms. The molecule has 5 aliphatic rings. The molecule has 1 heterocycles. The zero-order valence-electron chi connectivity index (χ0n) is 17.1. The van der Waals surface area contributed by atoms with E-state index < -0.39 is 10.0 Å². The second-order valence-electron chi connectivity index (χ2n) is 10.2. The van der Waals surface area contributed by atoms with Gasteiger partial charge >= 0.3 is 0 Å². The smallest absolute Gasteiger partial charge is 0.265 e. The maximum Gasteiger partial charge on any atom is 0.265 e. The first kappa shape index (κ1) is 18.7. The van der Waals surface area contributed by atoms with Crippen LogP contribution in [0.5, 0.6) is 0 Å². The van der Waals surface area contributed by atoms with E-state index in [1.54, 1.807) is 18.2 Å². The van der Waals surface area contributed by atoms with E-state index in [1.807, 2.05) is 18.2 Å². The van der Waals surface area contributed by atoms with Gasteiger partial charge in [-0.2, -0.15) is 0 Å². The van der Waals surface area contributed by atoms with Gasteiger partial charge in [0, 0.05) is 11.9 Å². The average molecular weight is 425 g/mol. The van der Waals surface area contributed by atoms with Gasteiger partial charge in [-0.25, -0.2) is 8.42 Å². The van der Waals surface area contributed by atoms with Crippen LogP contribution in [0.2, 0.25) is 0 Å². The number of hydrogen-bond acceptors (Lipinski definition) is 3. The number of rotatable bonds is 5. The Morgan fingerprint density at radius 3 is 2.30 bits per heavy atom. The third kappa shape index (κ3) is 2.79. The molecule has 2 aromatic carbocycles. The summed E-state index contributed by atoms with van der Waals surface area (Å²) in [6.07, 6.45) is 9.27. The lowest BCUT2D eigenvalue weighted by Crippen LogP contribution is -2.47. The molecule has 1 aliphatic heterocycles. The lowest BCUT2D eigenvalue weighted by Gasteiger charge is -2.57. The summed E-state index contributed by atoms with van der Waals surface area (Å²) in [4.78, 5) is 13.0. The molecule has 4 bridgehead atoms. The van der Waals surface area contributed by atoms with Gasteiger partial charge in [0.05, 0.1) is 10.6 Å².